The van der Waals surface area contributed by atoms with Crippen molar-refractivity contribution in [2.24, 2.45) is 0 Å². The van der Waals surface area contributed by atoms with E-state index in [0.29, 0.717) is 0 Å². The highest BCUT2D eigenvalue weighted by atomic mass is 16.7. The fourth-order valence-electron chi connectivity index (χ4n) is 1.92. The molecule has 21 heavy (non-hydrogen) atoms. The van der Waals surface area contributed by atoms with Crippen LogP contribution in [-0.4, -0.2) is 68.7 Å². The second-order valence-corrected chi connectivity index (χ2v) is 4.74. The number of carbonyl (C=O) groups is 1. The monoisotopic (exact) mass is 303 g/mol. The van der Waals surface area contributed by atoms with Crippen LogP contribution < -0.4 is 0 Å². The molecule has 0 bridgehead atoms. The van der Waals surface area contributed by atoms with Crippen LogP contribution in [0.15, 0.2) is 10.6 Å². The summed E-state index contributed by atoms with van der Waals surface area (Å²) in [4.78, 5) is 11.1. The van der Waals surface area contributed by atoms with Crippen molar-refractivity contribution in [1.82, 2.24) is 5.16 Å². The molecule has 0 amide bonds. The van der Waals surface area contributed by atoms with Gasteiger partial charge in [0.15, 0.2) is 17.8 Å². The first kappa shape index (κ1) is 16.0. The molecule has 0 spiro atoms. The lowest BCUT2D eigenvalue weighted by Gasteiger charge is -2.39. The van der Waals surface area contributed by atoms with Gasteiger partial charge in [-0.15, -0.1) is 0 Å². The summed E-state index contributed by atoms with van der Waals surface area (Å²) in [5.41, 5.74) is 0.141. The number of Topliss-reactive ketones (excluding diaryl/α,β-unsaturated/α-hetero) is 1. The zero-order valence-corrected chi connectivity index (χ0v) is 11.2. The van der Waals surface area contributed by atoms with Gasteiger partial charge in [0.2, 0.25) is 0 Å². The lowest BCUT2D eigenvalue weighted by Crippen LogP contribution is -2.59. The van der Waals surface area contributed by atoms with Gasteiger partial charge < -0.3 is 34.4 Å². The molecular formula is C12H17NO8. The molecule has 1 aliphatic heterocycles. The minimum absolute atomic E-state index is 0.141. The molecule has 0 aromatic carbocycles. The minimum Gasteiger partial charge on any atom is -0.394 e. The zero-order valence-electron chi connectivity index (χ0n) is 11.2. The molecule has 0 radical (unpaired) electrons. The van der Waals surface area contributed by atoms with Gasteiger partial charge in [0.1, 0.15) is 36.7 Å². The van der Waals surface area contributed by atoms with Crippen LogP contribution in [0.4, 0.5) is 0 Å². The Morgan fingerprint density at radius 3 is 2.62 bits per heavy atom. The van der Waals surface area contributed by atoms with Crippen molar-refractivity contribution >= 4 is 5.78 Å². The van der Waals surface area contributed by atoms with Crippen molar-refractivity contribution in [3.8, 4) is 0 Å². The van der Waals surface area contributed by atoms with Crippen molar-refractivity contribution in [1.29, 1.82) is 0 Å². The highest BCUT2D eigenvalue weighted by Gasteiger charge is 2.44. The summed E-state index contributed by atoms with van der Waals surface area (Å²) >= 11 is 0. The number of hydrogen-bond donors (Lipinski definition) is 4. The van der Waals surface area contributed by atoms with E-state index in [0.717, 1.165) is 0 Å². The third kappa shape index (κ3) is 3.46. The highest BCUT2D eigenvalue weighted by molar-refractivity contribution is 5.91. The normalized spacial score (nSPS) is 33.1. The fourth-order valence-corrected chi connectivity index (χ4v) is 1.92. The smallest absolute Gasteiger partial charge is 0.187 e. The standard InChI is InChI=1S/C12H17NO8/c1-5(15)7-2-6(21-13-7)4-19-12-11(18)10(17)9(16)8(3-14)20-12/h2,8-12,14,16-18H,3-4H2,1H3/t8-,9+,10+,11-,12-/m1/s1. The molecule has 0 unspecified atom stereocenters. The van der Waals surface area contributed by atoms with Crippen LogP contribution in [0, 0.1) is 0 Å². The number of ether oxygens (including phenoxy) is 2. The van der Waals surface area contributed by atoms with Crippen molar-refractivity contribution in [2.75, 3.05) is 6.61 Å². The molecule has 1 aromatic heterocycles. The number of rotatable bonds is 5. The number of carbonyl (C=O) groups excluding carboxylic acids is 1. The van der Waals surface area contributed by atoms with Gasteiger partial charge in [-0.3, -0.25) is 4.79 Å². The molecule has 0 saturated carbocycles. The van der Waals surface area contributed by atoms with Crippen LogP contribution >= 0.6 is 0 Å². The zero-order chi connectivity index (χ0) is 15.6. The Morgan fingerprint density at radius 2 is 2.05 bits per heavy atom. The van der Waals surface area contributed by atoms with Crippen LogP contribution in [0.2, 0.25) is 0 Å². The van der Waals surface area contributed by atoms with Crippen molar-refractivity contribution < 1.29 is 39.2 Å². The van der Waals surface area contributed by atoms with Gasteiger partial charge in [-0.1, -0.05) is 5.16 Å². The Labute approximate surface area is 119 Å². The maximum Gasteiger partial charge on any atom is 0.187 e. The Hall–Kier alpha value is -1.36. The van der Waals surface area contributed by atoms with Gasteiger partial charge in [-0.2, -0.15) is 0 Å². The molecule has 0 aliphatic carbocycles. The molecule has 9 heteroatoms. The molecule has 2 heterocycles. The molecule has 1 saturated heterocycles. The number of aromatic nitrogens is 1. The molecule has 1 fully saturated rings. The lowest BCUT2D eigenvalue weighted by molar-refractivity contribution is -0.305. The minimum atomic E-state index is -1.51. The number of ketones is 1. The second kappa shape index (κ2) is 6.60. The van der Waals surface area contributed by atoms with Gasteiger partial charge in [0, 0.05) is 13.0 Å². The van der Waals surface area contributed by atoms with E-state index in [4.69, 9.17) is 19.1 Å². The molecule has 1 aliphatic rings. The maximum atomic E-state index is 11.1. The molecular weight excluding hydrogens is 286 g/mol. The van der Waals surface area contributed by atoms with Crippen LogP contribution in [0.25, 0.3) is 0 Å². The average molecular weight is 303 g/mol. The quantitative estimate of drug-likeness (QED) is 0.463. The summed E-state index contributed by atoms with van der Waals surface area (Å²) < 4.78 is 15.2. The van der Waals surface area contributed by atoms with Crippen LogP contribution in [0.1, 0.15) is 23.2 Å². The van der Waals surface area contributed by atoms with E-state index >= 15 is 0 Å². The third-order valence-electron chi connectivity index (χ3n) is 3.16. The number of hydrogen-bond acceptors (Lipinski definition) is 9. The van der Waals surface area contributed by atoms with E-state index in [1.807, 2.05) is 0 Å². The van der Waals surface area contributed by atoms with Crippen molar-refractivity contribution in [3.05, 3.63) is 17.5 Å². The van der Waals surface area contributed by atoms with Crippen LogP contribution in [0.3, 0.4) is 0 Å². The first-order valence-electron chi connectivity index (χ1n) is 6.32. The summed E-state index contributed by atoms with van der Waals surface area (Å²) in [6, 6.07) is 1.38. The maximum absolute atomic E-state index is 11.1. The summed E-state index contributed by atoms with van der Waals surface area (Å²) in [7, 11) is 0. The number of aliphatic hydroxyl groups excluding tert-OH is 4. The van der Waals surface area contributed by atoms with Gasteiger partial charge >= 0.3 is 0 Å². The van der Waals surface area contributed by atoms with Crippen molar-refractivity contribution in [3.63, 3.8) is 0 Å². The fraction of sp³-hybridized carbons (Fsp3) is 0.667. The third-order valence-corrected chi connectivity index (χ3v) is 3.16. The Morgan fingerprint density at radius 1 is 1.33 bits per heavy atom. The molecule has 4 N–H and O–H groups in total. The van der Waals surface area contributed by atoms with Gasteiger partial charge in [-0.05, 0) is 0 Å². The predicted octanol–water partition coefficient (Wildman–Crippen LogP) is -1.81. The van der Waals surface area contributed by atoms with E-state index < -0.39 is 37.3 Å². The Balaban J connectivity index is 1.96. The Bertz CT molecular complexity index is 487. The summed E-state index contributed by atoms with van der Waals surface area (Å²) in [6.07, 6.45) is -6.75. The van der Waals surface area contributed by atoms with E-state index in [9.17, 15) is 20.1 Å². The average Bonchev–Trinajstić information content (AvgIpc) is 2.93. The largest absolute Gasteiger partial charge is 0.394 e. The van der Waals surface area contributed by atoms with E-state index in [1.54, 1.807) is 0 Å². The van der Waals surface area contributed by atoms with E-state index in [1.165, 1.54) is 13.0 Å². The first-order chi connectivity index (χ1) is 9.93. The molecule has 9 nitrogen and oxygen atoms in total. The molecule has 2 rings (SSSR count). The number of nitrogens with zero attached hydrogens (tertiary/aromatic N) is 1. The van der Waals surface area contributed by atoms with Gasteiger partial charge in [0.25, 0.3) is 0 Å². The molecule has 5 atom stereocenters. The summed E-state index contributed by atoms with van der Waals surface area (Å²) in [6.45, 7) is 0.630. The van der Waals surface area contributed by atoms with E-state index in [-0.39, 0.29) is 23.8 Å². The van der Waals surface area contributed by atoms with E-state index in [2.05, 4.69) is 5.16 Å². The van der Waals surface area contributed by atoms with Crippen molar-refractivity contribution in [2.45, 2.75) is 44.2 Å². The summed E-state index contributed by atoms with van der Waals surface area (Å²) in [5.74, 6) is -0.0324. The highest BCUT2D eigenvalue weighted by Crippen LogP contribution is 2.22. The lowest BCUT2D eigenvalue weighted by atomic mass is 9.99. The Kier molecular flexibility index (Phi) is 5.04. The molecule has 118 valence electrons. The van der Waals surface area contributed by atoms with Crippen LogP contribution in [-0.2, 0) is 16.1 Å². The van der Waals surface area contributed by atoms with Gasteiger partial charge in [-0.25, -0.2) is 0 Å². The van der Waals surface area contributed by atoms with Gasteiger partial charge in [0.05, 0.1) is 6.61 Å². The predicted molar refractivity (Wildman–Crippen MR) is 65.1 cm³/mol. The molecule has 1 aromatic rings. The SMILES string of the molecule is CC(=O)c1cc(CO[C@@H]2O[C@H](CO)[C@H](O)[C@H](O)[C@H]2O)on1. The number of aliphatic hydroxyl groups is 4. The summed E-state index contributed by atoms with van der Waals surface area (Å²) in [5, 5.41) is 41.5. The second-order valence-electron chi connectivity index (χ2n) is 4.74. The first-order valence-corrected chi connectivity index (χ1v) is 6.32. The van der Waals surface area contributed by atoms with Crippen LogP contribution in [0.5, 0.6) is 0 Å². The topological polar surface area (TPSA) is 142 Å².